The second-order valence-electron chi connectivity index (χ2n) is 5.25. The second-order valence-corrected chi connectivity index (χ2v) is 5.25. The van der Waals surface area contributed by atoms with Gasteiger partial charge < -0.3 is 5.32 Å². The molecule has 1 amide bonds. The Morgan fingerprint density at radius 3 is 2.39 bits per heavy atom. The fraction of sp³-hybridized carbons (Fsp3) is 0.429. The van der Waals surface area contributed by atoms with Crippen molar-refractivity contribution in [2.24, 2.45) is 4.99 Å². The number of amides is 1. The van der Waals surface area contributed by atoms with Crippen molar-refractivity contribution < 1.29 is 4.79 Å². The molecule has 1 aliphatic heterocycles. The molecule has 1 aromatic rings. The van der Waals surface area contributed by atoms with E-state index in [0.29, 0.717) is 5.96 Å². The first-order valence-corrected chi connectivity index (χ1v) is 6.17. The third-order valence-corrected chi connectivity index (χ3v) is 2.90. The highest BCUT2D eigenvalue weighted by Gasteiger charge is 2.42. The highest BCUT2D eigenvalue weighted by atomic mass is 16.2. The quantitative estimate of drug-likeness (QED) is 0.870. The topological polar surface area (TPSA) is 44.7 Å². The Hall–Kier alpha value is -1.84. The van der Waals surface area contributed by atoms with E-state index in [9.17, 15) is 4.79 Å². The van der Waals surface area contributed by atoms with Crippen LogP contribution in [0.1, 0.15) is 27.7 Å². The molecule has 4 heteroatoms. The van der Waals surface area contributed by atoms with Gasteiger partial charge in [-0.25, -0.2) is 4.99 Å². The fourth-order valence-electron chi connectivity index (χ4n) is 1.98. The molecule has 0 unspecified atom stereocenters. The second kappa shape index (κ2) is 4.44. The number of hydrogen-bond acceptors (Lipinski definition) is 3. The molecule has 0 fully saturated rings. The van der Waals surface area contributed by atoms with Crippen LogP contribution in [0.4, 0.5) is 5.69 Å². The van der Waals surface area contributed by atoms with Crippen LogP contribution in [-0.2, 0) is 4.79 Å². The molecule has 0 aromatic heterocycles. The first kappa shape index (κ1) is 12.6. The Labute approximate surface area is 108 Å². The molecule has 0 saturated carbocycles. The maximum Gasteiger partial charge on any atom is 0.257 e. The van der Waals surface area contributed by atoms with Crippen molar-refractivity contribution in [3.63, 3.8) is 0 Å². The monoisotopic (exact) mass is 245 g/mol. The molecule has 96 valence electrons. The molecule has 4 nitrogen and oxygen atoms in total. The van der Waals surface area contributed by atoms with E-state index in [-0.39, 0.29) is 11.9 Å². The molecule has 0 saturated heterocycles. The van der Waals surface area contributed by atoms with Gasteiger partial charge in [0, 0.05) is 11.7 Å². The van der Waals surface area contributed by atoms with Crippen molar-refractivity contribution in [2.45, 2.75) is 39.3 Å². The number of para-hydroxylation sites is 1. The number of carbonyl (C=O) groups excluding carboxylic acids is 1. The standard InChI is InChI=1S/C14H19N3O/c1-10(2)17-12(18)14(3,4)16-13(17)15-11-8-6-5-7-9-11/h5-10H,1-4H3,(H,15,16). The summed E-state index contributed by atoms with van der Waals surface area (Å²) in [5.74, 6) is 0.669. The molecule has 1 heterocycles. The third-order valence-electron chi connectivity index (χ3n) is 2.90. The lowest BCUT2D eigenvalue weighted by Crippen LogP contribution is -2.45. The van der Waals surface area contributed by atoms with Crippen LogP contribution >= 0.6 is 0 Å². The molecule has 18 heavy (non-hydrogen) atoms. The van der Waals surface area contributed by atoms with E-state index in [4.69, 9.17) is 0 Å². The molecule has 0 aliphatic carbocycles. The van der Waals surface area contributed by atoms with Crippen LogP contribution in [0.2, 0.25) is 0 Å². The smallest absolute Gasteiger partial charge is 0.257 e. The summed E-state index contributed by atoms with van der Waals surface area (Å²) in [6.07, 6.45) is 0. The molecular formula is C14H19N3O. The zero-order valence-electron chi connectivity index (χ0n) is 11.3. The molecule has 0 atom stereocenters. The van der Waals surface area contributed by atoms with Gasteiger partial charge in [-0.05, 0) is 39.8 Å². The van der Waals surface area contributed by atoms with Gasteiger partial charge in [-0.1, -0.05) is 18.2 Å². The van der Waals surface area contributed by atoms with Gasteiger partial charge >= 0.3 is 0 Å². The van der Waals surface area contributed by atoms with Gasteiger partial charge in [-0.2, -0.15) is 0 Å². The lowest BCUT2D eigenvalue weighted by molar-refractivity contribution is -0.131. The molecule has 2 rings (SSSR count). The number of rotatable bonds is 2. The Morgan fingerprint density at radius 2 is 1.83 bits per heavy atom. The fourth-order valence-corrected chi connectivity index (χ4v) is 1.98. The van der Waals surface area contributed by atoms with E-state index < -0.39 is 5.54 Å². The van der Waals surface area contributed by atoms with Crippen LogP contribution in [0.5, 0.6) is 0 Å². The lowest BCUT2D eigenvalue weighted by Gasteiger charge is -2.24. The number of benzene rings is 1. The summed E-state index contributed by atoms with van der Waals surface area (Å²) in [6.45, 7) is 7.65. The number of aliphatic imine (C=N–C) groups is 1. The van der Waals surface area contributed by atoms with Crippen molar-refractivity contribution in [2.75, 3.05) is 5.32 Å². The number of carbonyl (C=O) groups is 1. The summed E-state index contributed by atoms with van der Waals surface area (Å²) in [4.78, 5) is 18.4. The van der Waals surface area contributed by atoms with E-state index in [0.717, 1.165) is 5.69 Å². The van der Waals surface area contributed by atoms with E-state index >= 15 is 0 Å². The molecule has 0 radical (unpaired) electrons. The lowest BCUT2D eigenvalue weighted by atomic mass is 10.1. The third kappa shape index (κ3) is 2.23. The van der Waals surface area contributed by atoms with Crippen LogP contribution < -0.4 is 5.32 Å². The highest BCUT2D eigenvalue weighted by Crippen LogP contribution is 2.24. The minimum Gasteiger partial charge on any atom is -0.326 e. The number of nitrogens with one attached hydrogen (secondary N) is 1. The predicted molar refractivity (Wildman–Crippen MR) is 73.6 cm³/mol. The number of guanidine groups is 1. The van der Waals surface area contributed by atoms with Crippen molar-refractivity contribution in [3.8, 4) is 0 Å². The maximum absolute atomic E-state index is 12.2. The van der Waals surface area contributed by atoms with E-state index in [1.807, 2.05) is 58.0 Å². The first-order chi connectivity index (χ1) is 8.42. The Balaban J connectivity index is 2.28. The molecule has 0 bridgehead atoms. The van der Waals surface area contributed by atoms with Crippen molar-refractivity contribution in [3.05, 3.63) is 30.3 Å². The van der Waals surface area contributed by atoms with Crippen molar-refractivity contribution in [1.82, 2.24) is 4.90 Å². The van der Waals surface area contributed by atoms with Crippen LogP contribution in [0.25, 0.3) is 0 Å². The van der Waals surface area contributed by atoms with Gasteiger partial charge in [-0.3, -0.25) is 9.69 Å². The summed E-state index contributed by atoms with van der Waals surface area (Å²) in [6, 6.07) is 9.86. The van der Waals surface area contributed by atoms with Crippen LogP contribution in [0.3, 0.4) is 0 Å². The van der Waals surface area contributed by atoms with Gasteiger partial charge in [0.15, 0.2) is 0 Å². The maximum atomic E-state index is 12.2. The SMILES string of the molecule is CC(C)N1C(=O)C(C)(C)N=C1Nc1ccccc1. The minimum absolute atomic E-state index is 0.0379. The number of hydrogen-bond donors (Lipinski definition) is 1. The Bertz CT molecular complexity index is 477. The number of anilines is 1. The highest BCUT2D eigenvalue weighted by molar-refractivity contribution is 6.12. The predicted octanol–water partition coefficient (Wildman–Crippen LogP) is 2.48. The summed E-state index contributed by atoms with van der Waals surface area (Å²) in [5, 5.41) is 3.21. The van der Waals surface area contributed by atoms with Crippen molar-refractivity contribution >= 4 is 17.6 Å². The van der Waals surface area contributed by atoms with Gasteiger partial charge in [0.05, 0.1) is 0 Å². The van der Waals surface area contributed by atoms with Crippen molar-refractivity contribution in [1.29, 1.82) is 0 Å². The average molecular weight is 245 g/mol. The molecule has 1 aromatic carbocycles. The average Bonchev–Trinajstić information content (AvgIpc) is 2.50. The summed E-state index contributed by atoms with van der Waals surface area (Å²) < 4.78 is 0. The van der Waals surface area contributed by atoms with Gasteiger partial charge in [0.1, 0.15) is 5.54 Å². The number of nitrogens with zero attached hydrogens (tertiary/aromatic N) is 2. The molecular weight excluding hydrogens is 226 g/mol. The van der Waals surface area contributed by atoms with E-state index in [1.54, 1.807) is 4.90 Å². The Kier molecular flexibility index (Phi) is 3.11. The molecule has 1 N–H and O–H groups in total. The zero-order valence-corrected chi connectivity index (χ0v) is 11.3. The normalized spacial score (nSPS) is 18.2. The van der Waals surface area contributed by atoms with Crippen LogP contribution in [0.15, 0.2) is 35.3 Å². The first-order valence-electron chi connectivity index (χ1n) is 6.17. The summed E-state index contributed by atoms with van der Waals surface area (Å²) >= 11 is 0. The zero-order chi connectivity index (χ0) is 13.3. The van der Waals surface area contributed by atoms with Gasteiger partial charge in [0.25, 0.3) is 5.91 Å². The van der Waals surface area contributed by atoms with Crippen LogP contribution in [-0.4, -0.2) is 28.3 Å². The molecule has 1 aliphatic rings. The minimum atomic E-state index is -0.679. The summed E-state index contributed by atoms with van der Waals surface area (Å²) in [5.41, 5.74) is 0.258. The van der Waals surface area contributed by atoms with Gasteiger partial charge in [0.2, 0.25) is 5.96 Å². The van der Waals surface area contributed by atoms with E-state index in [1.165, 1.54) is 0 Å². The Morgan fingerprint density at radius 1 is 1.22 bits per heavy atom. The summed E-state index contributed by atoms with van der Waals surface area (Å²) in [7, 11) is 0. The van der Waals surface area contributed by atoms with E-state index in [2.05, 4.69) is 10.3 Å². The van der Waals surface area contributed by atoms with Crippen LogP contribution in [0, 0.1) is 0 Å². The largest absolute Gasteiger partial charge is 0.326 e. The molecule has 0 spiro atoms. The van der Waals surface area contributed by atoms with Gasteiger partial charge in [-0.15, -0.1) is 0 Å².